The lowest BCUT2D eigenvalue weighted by molar-refractivity contribution is -0.0939. The monoisotopic (exact) mass is 212 g/mol. The quantitative estimate of drug-likeness (QED) is 0.649. The van der Waals surface area contributed by atoms with E-state index in [4.69, 9.17) is 4.74 Å². The number of piperazine rings is 1. The molecule has 0 amide bonds. The van der Waals surface area contributed by atoms with Crippen molar-refractivity contribution in [2.24, 2.45) is 0 Å². The minimum atomic E-state index is 0.307. The van der Waals surface area contributed by atoms with Gasteiger partial charge in [-0.3, -0.25) is 9.80 Å². The van der Waals surface area contributed by atoms with Crippen LogP contribution in [0.4, 0.5) is 0 Å². The molecule has 3 heteroatoms. The average molecular weight is 212 g/mol. The second-order valence-corrected chi connectivity index (χ2v) is 5.90. The molecule has 1 atom stereocenters. The fourth-order valence-corrected chi connectivity index (χ4v) is 2.75. The lowest BCUT2D eigenvalue weighted by Crippen LogP contribution is -2.62. The van der Waals surface area contributed by atoms with Crippen LogP contribution in [0.15, 0.2) is 0 Å². The fourth-order valence-electron chi connectivity index (χ4n) is 2.75. The first-order valence-corrected chi connectivity index (χ1v) is 6.07. The zero-order chi connectivity index (χ0) is 11.1. The number of nitrogens with zero attached hydrogens (tertiary/aromatic N) is 2. The van der Waals surface area contributed by atoms with Gasteiger partial charge in [0.05, 0.1) is 19.3 Å². The molecule has 0 aromatic carbocycles. The standard InChI is InChI=1S/C12H24N2O/c1-10-7-13(11-8-15-9-11)5-6-14(10)12(2,3)4/h10-11H,5-9H2,1-4H3/t10-/m0/s1. The van der Waals surface area contributed by atoms with Crippen molar-refractivity contribution in [1.82, 2.24) is 9.80 Å². The molecule has 2 rings (SSSR count). The number of hydrogen-bond acceptors (Lipinski definition) is 3. The number of rotatable bonds is 1. The van der Waals surface area contributed by atoms with Gasteiger partial charge in [0.25, 0.3) is 0 Å². The molecule has 0 saturated carbocycles. The summed E-state index contributed by atoms with van der Waals surface area (Å²) < 4.78 is 5.26. The normalized spacial score (nSPS) is 31.6. The molecular formula is C12H24N2O. The van der Waals surface area contributed by atoms with Gasteiger partial charge in [0, 0.05) is 31.2 Å². The van der Waals surface area contributed by atoms with Gasteiger partial charge in [0.15, 0.2) is 0 Å². The number of hydrogen-bond donors (Lipinski definition) is 0. The van der Waals surface area contributed by atoms with Crippen LogP contribution in [0, 0.1) is 0 Å². The van der Waals surface area contributed by atoms with Crippen LogP contribution in [-0.2, 0) is 4.74 Å². The average Bonchev–Trinajstić information content (AvgIpc) is 1.97. The first kappa shape index (κ1) is 11.4. The van der Waals surface area contributed by atoms with Crippen molar-refractivity contribution >= 4 is 0 Å². The van der Waals surface area contributed by atoms with Crippen LogP contribution < -0.4 is 0 Å². The molecule has 2 heterocycles. The molecule has 3 nitrogen and oxygen atoms in total. The topological polar surface area (TPSA) is 15.7 Å². The lowest BCUT2D eigenvalue weighted by atomic mass is 10.00. The SMILES string of the molecule is C[C@H]1CN(C2COC2)CCN1C(C)(C)C. The highest BCUT2D eigenvalue weighted by Gasteiger charge is 2.35. The van der Waals surface area contributed by atoms with Crippen molar-refractivity contribution in [3.05, 3.63) is 0 Å². The Balaban J connectivity index is 1.90. The molecule has 88 valence electrons. The first-order chi connectivity index (χ1) is 6.98. The van der Waals surface area contributed by atoms with E-state index < -0.39 is 0 Å². The maximum absolute atomic E-state index is 5.26. The van der Waals surface area contributed by atoms with Crippen molar-refractivity contribution < 1.29 is 4.74 Å². The smallest absolute Gasteiger partial charge is 0.0645 e. The van der Waals surface area contributed by atoms with Gasteiger partial charge in [-0.05, 0) is 27.7 Å². The first-order valence-electron chi connectivity index (χ1n) is 6.07. The third-order valence-corrected chi connectivity index (χ3v) is 3.66. The Morgan fingerprint density at radius 2 is 1.80 bits per heavy atom. The molecule has 0 unspecified atom stereocenters. The summed E-state index contributed by atoms with van der Waals surface area (Å²) in [7, 11) is 0. The maximum Gasteiger partial charge on any atom is 0.0645 e. The molecule has 0 aliphatic carbocycles. The lowest BCUT2D eigenvalue weighted by Gasteiger charge is -2.50. The van der Waals surface area contributed by atoms with Crippen LogP contribution in [0.1, 0.15) is 27.7 Å². The van der Waals surface area contributed by atoms with Crippen LogP contribution >= 0.6 is 0 Å². The molecular weight excluding hydrogens is 188 g/mol. The van der Waals surface area contributed by atoms with E-state index in [-0.39, 0.29) is 0 Å². The molecule has 0 radical (unpaired) electrons. The summed E-state index contributed by atoms with van der Waals surface area (Å²) in [4.78, 5) is 5.21. The molecule has 0 N–H and O–H groups in total. The van der Waals surface area contributed by atoms with Crippen molar-refractivity contribution in [1.29, 1.82) is 0 Å². The molecule has 0 spiro atoms. The molecule has 2 fully saturated rings. The van der Waals surface area contributed by atoms with Gasteiger partial charge in [-0.25, -0.2) is 0 Å². The molecule has 2 aliphatic rings. The summed E-state index contributed by atoms with van der Waals surface area (Å²) in [6, 6.07) is 1.37. The zero-order valence-corrected chi connectivity index (χ0v) is 10.5. The van der Waals surface area contributed by atoms with Crippen LogP contribution in [-0.4, -0.2) is 60.3 Å². The van der Waals surface area contributed by atoms with Gasteiger partial charge in [0.2, 0.25) is 0 Å². The largest absolute Gasteiger partial charge is 0.378 e. The summed E-state index contributed by atoms with van der Waals surface area (Å²) in [5.41, 5.74) is 0.307. The van der Waals surface area contributed by atoms with E-state index in [1.54, 1.807) is 0 Å². The highest BCUT2D eigenvalue weighted by molar-refractivity contribution is 4.90. The van der Waals surface area contributed by atoms with E-state index in [9.17, 15) is 0 Å². The summed E-state index contributed by atoms with van der Waals surface area (Å²) in [5.74, 6) is 0. The Kier molecular flexibility index (Phi) is 3.06. The predicted molar refractivity (Wildman–Crippen MR) is 62.1 cm³/mol. The Bertz CT molecular complexity index is 220. The van der Waals surface area contributed by atoms with Gasteiger partial charge in [-0.1, -0.05) is 0 Å². The van der Waals surface area contributed by atoms with Crippen LogP contribution in [0.2, 0.25) is 0 Å². The summed E-state index contributed by atoms with van der Waals surface area (Å²) in [5, 5.41) is 0. The van der Waals surface area contributed by atoms with Gasteiger partial charge in [-0.2, -0.15) is 0 Å². The molecule has 0 bridgehead atoms. The van der Waals surface area contributed by atoms with Crippen LogP contribution in [0.25, 0.3) is 0 Å². The van der Waals surface area contributed by atoms with Crippen LogP contribution in [0.3, 0.4) is 0 Å². The molecule has 2 aliphatic heterocycles. The number of ether oxygens (including phenoxy) is 1. The van der Waals surface area contributed by atoms with Crippen molar-refractivity contribution in [2.75, 3.05) is 32.8 Å². The zero-order valence-electron chi connectivity index (χ0n) is 10.5. The van der Waals surface area contributed by atoms with Crippen LogP contribution in [0.5, 0.6) is 0 Å². The van der Waals surface area contributed by atoms with Gasteiger partial charge >= 0.3 is 0 Å². The van der Waals surface area contributed by atoms with Gasteiger partial charge < -0.3 is 4.74 Å². The van der Waals surface area contributed by atoms with E-state index in [0.717, 1.165) is 13.2 Å². The summed E-state index contributed by atoms with van der Waals surface area (Å²) >= 11 is 0. The van der Waals surface area contributed by atoms with Crippen molar-refractivity contribution in [2.45, 2.75) is 45.3 Å². The molecule has 15 heavy (non-hydrogen) atoms. The maximum atomic E-state index is 5.26. The van der Waals surface area contributed by atoms with Crippen molar-refractivity contribution in [3.63, 3.8) is 0 Å². The predicted octanol–water partition coefficient (Wildman–Crippen LogP) is 1.19. The minimum Gasteiger partial charge on any atom is -0.378 e. The second kappa shape index (κ2) is 4.04. The Morgan fingerprint density at radius 1 is 1.13 bits per heavy atom. The van der Waals surface area contributed by atoms with E-state index in [0.29, 0.717) is 17.6 Å². The third-order valence-electron chi connectivity index (χ3n) is 3.66. The Hall–Kier alpha value is -0.120. The van der Waals surface area contributed by atoms with E-state index in [1.165, 1.54) is 19.6 Å². The van der Waals surface area contributed by atoms with E-state index in [1.807, 2.05) is 0 Å². The van der Waals surface area contributed by atoms with Crippen molar-refractivity contribution in [3.8, 4) is 0 Å². The Morgan fingerprint density at radius 3 is 2.20 bits per heavy atom. The Labute approximate surface area is 93.4 Å². The van der Waals surface area contributed by atoms with E-state index >= 15 is 0 Å². The fraction of sp³-hybridized carbons (Fsp3) is 1.00. The molecule has 0 aromatic heterocycles. The minimum absolute atomic E-state index is 0.307. The second-order valence-electron chi connectivity index (χ2n) is 5.90. The summed E-state index contributed by atoms with van der Waals surface area (Å²) in [6.07, 6.45) is 0. The molecule has 0 aromatic rings. The highest BCUT2D eigenvalue weighted by atomic mass is 16.5. The van der Waals surface area contributed by atoms with E-state index in [2.05, 4.69) is 37.5 Å². The molecule has 2 saturated heterocycles. The highest BCUT2D eigenvalue weighted by Crippen LogP contribution is 2.23. The van der Waals surface area contributed by atoms with Gasteiger partial charge in [0.1, 0.15) is 0 Å². The summed E-state index contributed by atoms with van der Waals surface area (Å²) in [6.45, 7) is 14.8. The van der Waals surface area contributed by atoms with Gasteiger partial charge in [-0.15, -0.1) is 0 Å². The third kappa shape index (κ3) is 2.35.